The number of benzene rings is 2. The standard InChI is InChI=1S/C14H12ClFO/c1-9-5-7-10(8-6-9)14(17)11-3-2-4-12(15)13(11)16/h2-8,14,17H,1H3. The molecule has 0 fully saturated rings. The summed E-state index contributed by atoms with van der Waals surface area (Å²) in [6.07, 6.45) is -0.991. The van der Waals surface area contributed by atoms with E-state index in [1.807, 2.05) is 19.1 Å². The predicted molar refractivity (Wildman–Crippen MR) is 66.7 cm³/mol. The average Bonchev–Trinajstić information content (AvgIpc) is 2.33. The first kappa shape index (κ1) is 12.1. The first-order chi connectivity index (χ1) is 8.09. The molecule has 0 aliphatic rings. The highest BCUT2D eigenvalue weighted by atomic mass is 35.5. The summed E-state index contributed by atoms with van der Waals surface area (Å²) in [6, 6.07) is 11.9. The fourth-order valence-electron chi connectivity index (χ4n) is 1.66. The molecule has 0 aliphatic heterocycles. The Kier molecular flexibility index (Phi) is 3.46. The van der Waals surface area contributed by atoms with Crippen LogP contribution >= 0.6 is 11.6 Å². The Hall–Kier alpha value is -1.38. The van der Waals surface area contributed by atoms with E-state index < -0.39 is 11.9 Å². The molecule has 0 amide bonds. The highest BCUT2D eigenvalue weighted by Gasteiger charge is 2.16. The van der Waals surface area contributed by atoms with Crippen LogP contribution in [0.25, 0.3) is 0 Å². The third kappa shape index (κ3) is 2.48. The predicted octanol–water partition coefficient (Wildman–Crippen LogP) is 3.87. The molecule has 0 heterocycles. The summed E-state index contributed by atoms with van der Waals surface area (Å²) in [5.41, 5.74) is 1.94. The van der Waals surface area contributed by atoms with Gasteiger partial charge in [0.25, 0.3) is 0 Å². The lowest BCUT2D eigenvalue weighted by atomic mass is 10.0. The third-order valence-electron chi connectivity index (χ3n) is 2.67. The van der Waals surface area contributed by atoms with Gasteiger partial charge in [0.05, 0.1) is 5.02 Å². The van der Waals surface area contributed by atoms with Gasteiger partial charge in [0, 0.05) is 5.56 Å². The molecule has 0 saturated heterocycles. The Morgan fingerprint density at radius 3 is 2.41 bits per heavy atom. The molecule has 0 spiro atoms. The smallest absolute Gasteiger partial charge is 0.147 e. The van der Waals surface area contributed by atoms with Crippen LogP contribution in [0.1, 0.15) is 22.8 Å². The van der Waals surface area contributed by atoms with Gasteiger partial charge in [-0.05, 0) is 18.6 Å². The van der Waals surface area contributed by atoms with Crippen molar-refractivity contribution in [2.75, 3.05) is 0 Å². The van der Waals surface area contributed by atoms with E-state index in [1.54, 1.807) is 18.2 Å². The zero-order valence-electron chi connectivity index (χ0n) is 9.32. The minimum Gasteiger partial charge on any atom is -0.384 e. The third-order valence-corrected chi connectivity index (χ3v) is 2.96. The van der Waals surface area contributed by atoms with Crippen molar-refractivity contribution < 1.29 is 9.50 Å². The van der Waals surface area contributed by atoms with Gasteiger partial charge in [0.1, 0.15) is 11.9 Å². The van der Waals surface area contributed by atoms with E-state index in [0.29, 0.717) is 5.56 Å². The number of rotatable bonds is 2. The van der Waals surface area contributed by atoms with Gasteiger partial charge in [-0.3, -0.25) is 0 Å². The van der Waals surface area contributed by atoms with E-state index >= 15 is 0 Å². The number of aliphatic hydroxyl groups excluding tert-OH is 1. The fraction of sp³-hybridized carbons (Fsp3) is 0.143. The van der Waals surface area contributed by atoms with Crippen LogP contribution in [0.5, 0.6) is 0 Å². The largest absolute Gasteiger partial charge is 0.384 e. The monoisotopic (exact) mass is 250 g/mol. The summed E-state index contributed by atoms with van der Waals surface area (Å²) in [5, 5.41) is 10.1. The van der Waals surface area contributed by atoms with Crippen molar-refractivity contribution in [1.29, 1.82) is 0 Å². The Morgan fingerprint density at radius 1 is 1.12 bits per heavy atom. The molecule has 2 aromatic rings. The summed E-state index contributed by atoms with van der Waals surface area (Å²) in [4.78, 5) is 0. The molecule has 17 heavy (non-hydrogen) atoms. The molecule has 3 heteroatoms. The second-order valence-electron chi connectivity index (χ2n) is 3.96. The SMILES string of the molecule is Cc1ccc(C(O)c2cccc(Cl)c2F)cc1. The summed E-state index contributed by atoms with van der Waals surface area (Å²) in [5.74, 6) is -0.567. The van der Waals surface area contributed by atoms with Gasteiger partial charge in [-0.25, -0.2) is 4.39 Å². The summed E-state index contributed by atoms with van der Waals surface area (Å²) < 4.78 is 13.7. The van der Waals surface area contributed by atoms with Crippen LogP contribution in [0.4, 0.5) is 4.39 Å². The number of hydrogen-bond donors (Lipinski definition) is 1. The highest BCUT2D eigenvalue weighted by molar-refractivity contribution is 6.30. The maximum Gasteiger partial charge on any atom is 0.147 e. The molecule has 88 valence electrons. The van der Waals surface area contributed by atoms with Crippen LogP contribution in [0, 0.1) is 12.7 Å². The minimum atomic E-state index is -0.991. The topological polar surface area (TPSA) is 20.2 Å². The molecule has 0 aliphatic carbocycles. The van der Waals surface area contributed by atoms with E-state index in [2.05, 4.69) is 0 Å². The maximum absolute atomic E-state index is 13.7. The minimum absolute atomic E-state index is 0.0219. The number of aliphatic hydroxyl groups is 1. The van der Waals surface area contributed by atoms with Crippen molar-refractivity contribution in [1.82, 2.24) is 0 Å². The molecule has 2 rings (SSSR count). The normalized spacial score (nSPS) is 12.5. The summed E-state index contributed by atoms with van der Waals surface area (Å²) >= 11 is 5.68. The second kappa shape index (κ2) is 4.86. The van der Waals surface area contributed by atoms with Crippen LogP contribution in [-0.4, -0.2) is 5.11 Å². The van der Waals surface area contributed by atoms with Gasteiger partial charge in [-0.15, -0.1) is 0 Å². The molecule has 1 nitrogen and oxygen atoms in total. The van der Waals surface area contributed by atoms with E-state index in [9.17, 15) is 9.50 Å². The van der Waals surface area contributed by atoms with Gasteiger partial charge in [-0.2, -0.15) is 0 Å². The van der Waals surface area contributed by atoms with Crippen LogP contribution in [0.3, 0.4) is 0 Å². The molecule has 0 bridgehead atoms. The van der Waals surface area contributed by atoms with Crippen LogP contribution in [0.15, 0.2) is 42.5 Å². The second-order valence-corrected chi connectivity index (χ2v) is 4.36. The molecule has 1 N–H and O–H groups in total. The number of hydrogen-bond acceptors (Lipinski definition) is 1. The Labute approximate surface area is 104 Å². The lowest BCUT2D eigenvalue weighted by Gasteiger charge is -2.13. The molecular formula is C14H12ClFO. The summed E-state index contributed by atoms with van der Waals surface area (Å²) in [7, 11) is 0. The van der Waals surface area contributed by atoms with Crippen molar-refractivity contribution >= 4 is 11.6 Å². The van der Waals surface area contributed by atoms with Gasteiger partial charge >= 0.3 is 0 Å². The van der Waals surface area contributed by atoms with Crippen molar-refractivity contribution in [2.45, 2.75) is 13.0 Å². The first-order valence-corrected chi connectivity index (χ1v) is 5.66. The summed E-state index contributed by atoms with van der Waals surface area (Å²) in [6.45, 7) is 1.95. The van der Waals surface area contributed by atoms with Crippen LogP contribution < -0.4 is 0 Å². The van der Waals surface area contributed by atoms with Crippen molar-refractivity contribution in [3.05, 3.63) is 70.0 Å². The molecule has 1 unspecified atom stereocenters. The Balaban J connectivity index is 2.40. The number of halogens is 2. The fourth-order valence-corrected chi connectivity index (χ4v) is 1.84. The number of aryl methyl sites for hydroxylation is 1. The van der Waals surface area contributed by atoms with E-state index in [0.717, 1.165) is 5.56 Å². The molecule has 0 aromatic heterocycles. The Bertz CT molecular complexity index is 522. The van der Waals surface area contributed by atoms with E-state index in [4.69, 9.17) is 11.6 Å². The zero-order chi connectivity index (χ0) is 12.4. The quantitative estimate of drug-likeness (QED) is 0.858. The highest BCUT2D eigenvalue weighted by Crippen LogP contribution is 2.27. The van der Waals surface area contributed by atoms with Crippen LogP contribution in [0.2, 0.25) is 5.02 Å². The van der Waals surface area contributed by atoms with Crippen molar-refractivity contribution in [3.63, 3.8) is 0 Å². The molecule has 0 saturated carbocycles. The first-order valence-electron chi connectivity index (χ1n) is 5.28. The molecule has 2 aromatic carbocycles. The van der Waals surface area contributed by atoms with Crippen molar-refractivity contribution in [2.24, 2.45) is 0 Å². The average molecular weight is 251 g/mol. The van der Waals surface area contributed by atoms with Crippen molar-refractivity contribution in [3.8, 4) is 0 Å². The van der Waals surface area contributed by atoms with E-state index in [1.165, 1.54) is 12.1 Å². The van der Waals surface area contributed by atoms with Gasteiger partial charge in [-0.1, -0.05) is 53.6 Å². The van der Waals surface area contributed by atoms with Gasteiger partial charge in [0.15, 0.2) is 0 Å². The molecular weight excluding hydrogens is 239 g/mol. The lowest BCUT2D eigenvalue weighted by Crippen LogP contribution is -2.02. The van der Waals surface area contributed by atoms with E-state index in [-0.39, 0.29) is 10.6 Å². The Morgan fingerprint density at radius 2 is 1.76 bits per heavy atom. The van der Waals surface area contributed by atoms with Gasteiger partial charge < -0.3 is 5.11 Å². The van der Waals surface area contributed by atoms with Crippen LogP contribution in [-0.2, 0) is 0 Å². The molecule has 1 atom stereocenters. The zero-order valence-corrected chi connectivity index (χ0v) is 10.1. The maximum atomic E-state index is 13.7. The molecule has 0 radical (unpaired) electrons. The lowest BCUT2D eigenvalue weighted by molar-refractivity contribution is 0.215. The van der Waals surface area contributed by atoms with Gasteiger partial charge in [0.2, 0.25) is 0 Å².